The highest BCUT2D eigenvalue weighted by atomic mass is 16.1. The standard InChI is InChI=1S/C13H12N2O2/c1-10-5-2-3-6-11(10)12(16)9-15-13(17)7-4-8-14-15/h2-8H,9H2,1H3. The van der Waals surface area contributed by atoms with Gasteiger partial charge in [-0.1, -0.05) is 24.3 Å². The van der Waals surface area contributed by atoms with E-state index >= 15 is 0 Å². The zero-order valence-electron chi connectivity index (χ0n) is 9.46. The lowest BCUT2D eigenvalue weighted by atomic mass is 10.1. The predicted octanol–water partition coefficient (Wildman–Crippen LogP) is 1.43. The average Bonchev–Trinajstić information content (AvgIpc) is 2.32. The summed E-state index contributed by atoms with van der Waals surface area (Å²) in [7, 11) is 0. The van der Waals surface area contributed by atoms with Gasteiger partial charge in [-0.25, -0.2) is 4.68 Å². The van der Waals surface area contributed by atoms with Crippen LogP contribution in [0, 0.1) is 6.92 Å². The van der Waals surface area contributed by atoms with Gasteiger partial charge in [0.2, 0.25) is 0 Å². The van der Waals surface area contributed by atoms with Crippen LogP contribution in [0.5, 0.6) is 0 Å². The van der Waals surface area contributed by atoms with Crippen molar-refractivity contribution in [2.45, 2.75) is 13.5 Å². The van der Waals surface area contributed by atoms with Crippen molar-refractivity contribution < 1.29 is 4.79 Å². The van der Waals surface area contributed by atoms with Gasteiger partial charge in [-0.2, -0.15) is 5.10 Å². The van der Waals surface area contributed by atoms with Crippen LogP contribution in [0.15, 0.2) is 47.4 Å². The molecule has 0 amide bonds. The maximum Gasteiger partial charge on any atom is 0.267 e. The number of carbonyl (C=O) groups excluding carboxylic acids is 1. The van der Waals surface area contributed by atoms with Gasteiger partial charge in [-0.3, -0.25) is 9.59 Å². The van der Waals surface area contributed by atoms with E-state index in [4.69, 9.17) is 0 Å². The Hall–Kier alpha value is -2.23. The second-order valence-corrected chi connectivity index (χ2v) is 3.76. The molecule has 0 bridgehead atoms. The van der Waals surface area contributed by atoms with E-state index in [1.54, 1.807) is 18.2 Å². The van der Waals surface area contributed by atoms with Crippen molar-refractivity contribution in [1.29, 1.82) is 0 Å². The summed E-state index contributed by atoms with van der Waals surface area (Å²) in [5, 5.41) is 3.86. The van der Waals surface area contributed by atoms with Crippen LogP contribution >= 0.6 is 0 Å². The quantitative estimate of drug-likeness (QED) is 0.747. The number of carbonyl (C=O) groups is 1. The van der Waals surface area contributed by atoms with Crippen molar-refractivity contribution in [2.75, 3.05) is 0 Å². The van der Waals surface area contributed by atoms with E-state index in [2.05, 4.69) is 5.10 Å². The second kappa shape index (κ2) is 4.74. The number of hydrogen-bond acceptors (Lipinski definition) is 3. The third kappa shape index (κ3) is 2.47. The minimum absolute atomic E-state index is 0.0233. The molecule has 4 nitrogen and oxygen atoms in total. The number of benzene rings is 1. The molecule has 0 aliphatic rings. The summed E-state index contributed by atoms with van der Waals surface area (Å²) in [4.78, 5) is 23.4. The summed E-state index contributed by atoms with van der Waals surface area (Å²) in [6, 6.07) is 10.2. The molecule has 0 spiro atoms. The molecule has 2 rings (SSSR count). The molecule has 0 saturated heterocycles. The zero-order valence-corrected chi connectivity index (χ0v) is 9.46. The third-order valence-electron chi connectivity index (χ3n) is 2.52. The number of ketones is 1. The molecule has 0 aliphatic carbocycles. The fourth-order valence-corrected chi connectivity index (χ4v) is 1.61. The van der Waals surface area contributed by atoms with Crippen molar-refractivity contribution in [3.8, 4) is 0 Å². The van der Waals surface area contributed by atoms with E-state index in [1.165, 1.54) is 12.3 Å². The lowest BCUT2D eigenvalue weighted by Crippen LogP contribution is -2.25. The molecular formula is C13H12N2O2. The van der Waals surface area contributed by atoms with Crippen LogP contribution in [-0.4, -0.2) is 15.6 Å². The fraction of sp³-hybridized carbons (Fsp3) is 0.154. The number of nitrogens with zero attached hydrogens (tertiary/aromatic N) is 2. The topological polar surface area (TPSA) is 52.0 Å². The van der Waals surface area contributed by atoms with Crippen molar-refractivity contribution in [1.82, 2.24) is 9.78 Å². The summed E-state index contributed by atoms with van der Waals surface area (Å²) in [6.07, 6.45) is 1.49. The van der Waals surface area contributed by atoms with Gasteiger partial charge in [0.15, 0.2) is 5.78 Å². The summed E-state index contributed by atoms with van der Waals surface area (Å²) >= 11 is 0. The second-order valence-electron chi connectivity index (χ2n) is 3.76. The van der Waals surface area contributed by atoms with Crippen molar-refractivity contribution in [3.63, 3.8) is 0 Å². The minimum atomic E-state index is -0.269. The molecule has 1 aromatic heterocycles. The Morgan fingerprint density at radius 1 is 1.24 bits per heavy atom. The van der Waals surface area contributed by atoms with E-state index in [9.17, 15) is 9.59 Å². The van der Waals surface area contributed by atoms with Crippen LogP contribution < -0.4 is 5.56 Å². The minimum Gasteiger partial charge on any atom is -0.292 e. The summed E-state index contributed by atoms with van der Waals surface area (Å²) in [6.45, 7) is 1.85. The van der Waals surface area contributed by atoms with Crippen LogP contribution in [0.2, 0.25) is 0 Å². The lowest BCUT2D eigenvalue weighted by molar-refractivity contribution is 0.0965. The highest BCUT2D eigenvalue weighted by molar-refractivity contribution is 5.97. The van der Waals surface area contributed by atoms with Gasteiger partial charge in [-0.05, 0) is 18.6 Å². The van der Waals surface area contributed by atoms with E-state index in [1.807, 2.05) is 19.1 Å². The highest BCUT2D eigenvalue weighted by Crippen LogP contribution is 2.08. The van der Waals surface area contributed by atoms with Gasteiger partial charge < -0.3 is 0 Å². The first-order valence-corrected chi connectivity index (χ1v) is 5.29. The SMILES string of the molecule is Cc1ccccc1C(=O)Cn1ncccc1=O. The van der Waals surface area contributed by atoms with Crippen LogP contribution in [-0.2, 0) is 6.54 Å². The molecule has 0 fully saturated rings. The number of aryl methyl sites for hydroxylation is 1. The maximum atomic E-state index is 12.0. The van der Waals surface area contributed by atoms with E-state index in [0.29, 0.717) is 5.56 Å². The van der Waals surface area contributed by atoms with Crippen molar-refractivity contribution in [3.05, 3.63) is 64.1 Å². The van der Waals surface area contributed by atoms with Crippen LogP contribution in [0.4, 0.5) is 0 Å². The lowest BCUT2D eigenvalue weighted by Gasteiger charge is -2.05. The molecular weight excluding hydrogens is 216 g/mol. The van der Waals surface area contributed by atoms with Gasteiger partial charge in [0.05, 0.1) is 0 Å². The largest absolute Gasteiger partial charge is 0.292 e. The molecule has 2 aromatic rings. The average molecular weight is 228 g/mol. The normalized spacial score (nSPS) is 10.2. The molecule has 4 heteroatoms. The fourth-order valence-electron chi connectivity index (χ4n) is 1.61. The van der Waals surface area contributed by atoms with Crippen molar-refractivity contribution >= 4 is 5.78 Å². The van der Waals surface area contributed by atoms with Gasteiger partial charge in [0.1, 0.15) is 6.54 Å². The van der Waals surface area contributed by atoms with Gasteiger partial charge >= 0.3 is 0 Å². The van der Waals surface area contributed by atoms with E-state index < -0.39 is 0 Å². The third-order valence-corrected chi connectivity index (χ3v) is 2.52. The van der Waals surface area contributed by atoms with Gasteiger partial charge in [0, 0.05) is 17.8 Å². The number of Topliss-reactive ketones (excluding diaryl/α,β-unsaturated/α-hetero) is 1. The summed E-state index contributed by atoms with van der Waals surface area (Å²) < 4.78 is 1.16. The molecule has 0 radical (unpaired) electrons. The predicted molar refractivity (Wildman–Crippen MR) is 64.0 cm³/mol. The first-order valence-electron chi connectivity index (χ1n) is 5.29. The van der Waals surface area contributed by atoms with Crippen LogP contribution in [0.25, 0.3) is 0 Å². The summed E-state index contributed by atoms with van der Waals surface area (Å²) in [5.74, 6) is -0.107. The highest BCUT2D eigenvalue weighted by Gasteiger charge is 2.10. The molecule has 0 aliphatic heterocycles. The Bertz CT molecular complexity index is 602. The van der Waals surface area contributed by atoms with Gasteiger partial charge in [0.25, 0.3) is 5.56 Å². The molecule has 0 unspecified atom stereocenters. The first kappa shape index (κ1) is 11.3. The van der Waals surface area contributed by atoms with E-state index in [-0.39, 0.29) is 17.9 Å². The molecule has 0 atom stereocenters. The Morgan fingerprint density at radius 2 is 2.00 bits per heavy atom. The Labute approximate surface area is 98.5 Å². The van der Waals surface area contributed by atoms with Crippen molar-refractivity contribution in [2.24, 2.45) is 0 Å². The van der Waals surface area contributed by atoms with Crippen LogP contribution in [0.3, 0.4) is 0 Å². The smallest absolute Gasteiger partial charge is 0.267 e. The Morgan fingerprint density at radius 3 is 2.71 bits per heavy atom. The summed E-state index contributed by atoms with van der Waals surface area (Å²) in [5.41, 5.74) is 1.26. The Balaban J connectivity index is 2.27. The van der Waals surface area contributed by atoms with Gasteiger partial charge in [-0.15, -0.1) is 0 Å². The Kier molecular flexibility index (Phi) is 3.14. The number of aromatic nitrogens is 2. The molecule has 17 heavy (non-hydrogen) atoms. The number of rotatable bonds is 3. The van der Waals surface area contributed by atoms with Crippen LogP contribution in [0.1, 0.15) is 15.9 Å². The van der Waals surface area contributed by atoms with E-state index in [0.717, 1.165) is 10.2 Å². The molecule has 1 heterocycles. The first-order chi connectivity index (χ1) is 8.18. The molecule has 0 saturated carbocycles. The maximum absolute atomic E-state index is 12.0. The number of hydrogen-bond donors (Lipinski definition) is 0. The molecule has 1 aromatic carbocycles. The molecule has 0 N–H and O–H groups in total. The molecule has 86 valence electrons. The zero-order chi connectivity index (χ0) is 12.3. The monoisotopic (exact) mass is 228 g/mol.